The molecule has 0 amide bonds. The molecule has 2 N–H and O–H groups in total. The van der Waals surface area contributed by atoms with Crippen LogP contribution in [0.2, 0.25) is 0 Å². The summed E-state index contributed by atoms with van der Waals surface area (Å²) >= 11 is 0. The first-order chi connectivity index (χ1) is 6.18. The third-order valence-corrected chi connectivity index (χ3v) is 2.80. The molecule has 1 aromatic rings. The Kier molecular flexibility index (Phi) is 1.89. The molecule has 0 aliphatic heterocycles. The largest absolute Gasteiger partial charge is 0.304 e. The van der Waals surface area contributed by atoms with Gasteiger partial charge in [-0.2, -0.15) is 5.10 Å². The van der Waals surface area contributed by atoms with E-state index in [0.717, 1.165) is 18.5 Å². The van der Waals surface area contributed by atoms with E-state index in [1.165, 1.54) is 5.56 Å². The molecule has 1 heterocycles. The van der Waals surface area contributed by atoms with Crippen LogP contribution in [0.3, 0.4) is 0 Å². The molecule has 13 heavy (non-hydrogen) atoms. The van der Waals surface area contributed by atoms with Crippen LogP contribution >= 0.6 is 0 Å². The lowest BCUT2D eigenvalue weighted by Gasteiger charge is -2.11. The molecule has 0 aromatic carbocycles. The summed E-state index contributed by atoms with van der Waals surface area (Å²) in [6.07, 6.45) is 4.40. The molecule has 1 aromatic heterocycles. The average molecular weight is 181 g/mol. The van der Waals surface area contributed by atoms with Gasteiger partial charge in [-0.05, 0) is 19.8 Å². The summed E-state index contributed by atoms with van der Waals surface area (Å²) in [6, 6.07) is 0. The van der Waals surface area contributed by atoms with Crippen LogP contribution in [0.1, 0.15) is 24.1 Å². The number of nitrogens with two attached hydrogens (primary N) is 1. The van der Waals surface area contributed by atoms with Crippen molar-refractivity contribution in [3.8, 4) is 0 Å². The van der Waals surface area contributed by atoms with E-state index < -0.39 is 0 Å². The van der Waals surface area contributed by atoms with Crippen molar-refractivity contribution < 1.29 is 4.84 Å². The molecule has 1 aliphatic carbocycles. The monoisotopic (exact) mass is 181 g/mol. The van der Waals surface area contributed by atoms with Gasteiger partial charge in [0.05, 0.1) is 12.3 Å². The Morgan fingerprint density at radius 1 is 1.69 bits per heavy atom. The van der Waals surface area contributed by atoms with E-state index in [1.54, 1.807) is 0 Å². The summed E-state index contributed by atoms with van der Waals surface area (Å²) in [7, 11) is 1.94. The molecule has 0 atom stereocenters. The zero-order valence-electron chi connectivity index (χ0n) is 8.08. The first-order valence-electron chi connectivity index (χ1n) is 4.50. The second kappa shape index (κ2) is 2.82. The zero-order valence-corrected chi connectivity index (χ0v) is 8.08. The molecule has 0 radical (unpaired) electrons. The first-order valence-corrected chi connectivity index (χ1v) is 4.50. The van der Waals surface area contributed by atoms with Crippen molar-refractivity contribution in [1.82, 2.24) is 9.78 Å². The zero-order chi connectivity index (χ0) is 9.47. The van der Waals surface area contributed by atoms with Crippen molar-refractivity contribution >= 4 is 0 Å². The number of nitrogens with zero attached hydrogens (tertiary/aromatic N) is 2. The first kappa shape index (κ1) is 8.72. The number of aromatic nitrogens is 2. The topological polar surface area (TPSA) is 53.1 Å². The Hall–Kier alpha value is -0.870. The van der Waals surface area contributed by atoms with Gasteiger partial charge in [0.15, 0.2) is 0 Å². The molecule has 2 rings (SSSR count). The van der Waals surface area contributed by atoms with Gasteiger partial charge in [-0.25, -0.2) is 5.90 Å². The molecule has 1 aliphatic rings. The third-order valence-electron chi connectivity index (χ3n) is 2.80. The molecular formula is C9H15N3O. The van der Waals surface area contributed by atoms with E-state index in [-0.39, 0.29) is 5.41 Å². The molecule has 0 spiro atoms. The van der Waals surface area contributed by atoms with Crippen molar-refractivity contribution in [2.45, 2.75) is 25.2 Å². The van der Waals surface area contributed by atoms with Crippen LogP contribution in [-0.4, -0.2) is 16.4 Å². The average Bonchev–Trinajstić information content (AvgIpc) is 2.74. The van der Waals surface area contributed by atoms with Gasteiger partial charge >= 0.3 is 0 Å². The van der Waals surface area contributed by atoms with Crippen molar-refractivity contribution in [1.29, 1.82) is 0 Å². The fraction of sp³-hybridized carbons (Fsp3) is 0.667. The van der Waals surface area contributed by atoms with Crippen LogP contribution in [-0.2, 0) is 17.3 Å². The fourth-order valence-corrected chi connectivity index (χ4v) is 1.92. The van der Waals surface area contributed by atoms with Crippen LogP contribution in [0.15, 0.2) is 6.20 Å². The van der Waals surface area contributed by atoms with E-state index in [0.29, 0.717) is 6.61 Å². The maximum absolute atomic E-state index is 5.12. The number of aryl methyl sites for hydroxylation is 2. The van der Waals surface area contributed by atoms with Crippen LogP contribution in [0.5, 0.6) is 0 Å². The van der Waals surface area contributed by atoms with Gasteiger partial charge in [-0.1, -0.05) is 0 Å². The summed E-state index contributed by atoms with van der Waals surface area (Å²) in [6.45, 7) is 2.64. The SMILES string of the molecule is Cc1nn(C)cc1C1(CON)CC1. The minimum absolute atomic E-state index is 0.174. The fourth-order valence-electron chi connectivity index (χ4n) is 1.92. The number of rotatable bonds is 3. The Morgan fingerprint density at radius 3 is 2.77 bits per heavy atom. The van der Waals surface area contributed by atoms with Gasteiger partial charge in [-0.3, -0.25) is 4.68 Å². The normalized spacial score (nSPS) is 19.0. The molecular weight excluding hydrogens is 166 g/mol. The quantitative estimate of drug-likeness (QED) is 0.696. The summed E-state index contributed by atoms with van der Waals surface area (Å²) in [4.78, 5) is 4.75. The molecule has 0 saturated heterocycles. The van der Waals surface area contributed by atoms with E-state index in [4.69, 9.17) is 10.7 Å². The summed E-state index contributed by atoms with van der Waals surface area (Å²) in [5, 5.41) is 4.32. The minimum Gasteiger partial charge on any atom is -0.304 e. The minimum atomic E-state index is 0.174. The Balaban J connectivity index is 2.29. The van der Waals surface area contributed by atoms with E-state index >= 15 is 0 Å². The van der Waals surface area contributed by atoms with Crippen molar-refractivity contribution in [3.05, 3.63) is 17.5 Å². The van der Waals surface area contributed by atoms with Gasteiger partial charge in [0.25, 0.3) is 0 Å². The van der Waals surface area contributed by atoms with Crippen LogP contribution < -0.4 is 5.90 Å². The van der Waals surface area contributed by atoms with E-state index in [2.05, 4.69) is 11.3 Å². The smallest absolute Gasteiger partial charge is 0.0777 e. The second-order valence-electron chi connectivity index (χ2n) is 3.89. The van der Waals surface area contributed by atoms with Gasteiger partial charge in [0.1, 0.15) is 0 Å². The molecule has 4 heteroatoms. The van der Waals surface area contributed by atoms with Gasteiger partial charge in [0, 0.05) is 24.2 Å². The highest BCUT2D eigenvalue weighted by atomic mass is 16.6. The Labute approximate surface area is 77.6 Å². The summed E-state index contributed by atoms with van der Waals surface area (Å²) < 4.78 is 1.85. The predicted octanol–water partition coefficient (Wildman–Crippen LogP) is 0.650. The standard InChI is InChI=1S/C9H15N3O/c1-7-8(5-12(2)11-7)9(3-4-9)6-13-10/h5H,3-4,6,10H2,1-2H3. The molecule has 0 bridgehead atoms. The highest BCUT2D eigenvalue weighted by Gasteiger charge is 2.46. The molecule has 72 valence electrons. The maximum atomic E-state index is 5.12. The van der Waals surface area contributed by atoms with Crippen molar-refractivity contribution in [2.75, 3.05) is 6.61 Å². The molecule has 4 nitrogen and oxygen atoms in total. The lowest BCUT2D eigenvalue weighted by molar-refractivity contribution is 0.116. The van der Waals surface area contributed by atoms with E-state index in [9.17, 15) is 0 Å². The van der Waals surface area contributed by atoms with Crippen LogP contribution in [0, 0.1) is 6.92 Å². The van der Waals surface area contributed by atoms with E-state index in [1.807, 2.05) is 18.7 Å². The molecule has 1 saturated carbocycles. The molecule has 0 unspecified atom stereocenters. The lowest BCUT2D eigenvalue weighted by Crippen LogP contribution is -2.18. The predicted molar refractivity (Wildman–Crippen MR) is 49.0 cm³/mol. The highest BCUT2D eigenvalue weighted by molar-refractivity contribution is 5.32. The van der Waals surface area contributed by atoms with Crippen LogP contribution in [0.25, 0.3) is 0 Å². The second-order valence-corrected chi connectivity index (χ2v) is 3.89. The Bertz CT molecular complexity index is 315. The summed E-state index contributed by atoms with van der Waals surface area (Å²) in [5.74, 6) is 5.12. The number of hydrogen-bond acceptors (Lipinski definition) is 3. The number of hydrogen-bond donors (Lipinski definition) is 1. The van der Waals surface area contributed by atoms with Gasteiger partial charge in [0.2, 0.25) is 0 Å². The Morgan fingerprint density at radius 2 is 2.38 bits per heavy atom. The molecule has 1 fully saturated rings. The van der Waals surface area contributed by atoms with Crippen molar-refractivity contribution in [2.24, 2.45) is 12.9 Å². The van der Waals surface area contributed by atoms with Gasteiger partial charge in [-0.15, -0.1) is 0 Å². The van der Waals surface area contributed by atoms with Crippen molar-refractivity contribution in [3.63, 3.8) is 0 Å². The highest BCUT2D eigenvalue weighted by Crippen LogP contribution is 2.48. The third kappa shape index (κ3) is 1.36. The van der Waals surface area contributed by atoms with Crippen LogP contribution in [0.4, 0.5) is 0 Å². The summed E-state index contributed by atoms with van der Waals surface area (Å²) in [5.41, 5.74) is 2.56. The lowest BCUT2D eigenvalue weighted by atomic mass is 9.98. The maximum Gasteiger partial charge on any atom is 0.0777 e. The van der Waals surface area contributed by atoms with Gasteiger partial charge < -0.3 is 4.84 Å².